The molecule has 1 aliphatic heterocycles. The zero-order valence-electron chi connectivity index (χ0n) is 18.4. The summed E-state index contributed by atoms with van der Waals surface area (Å²) in [6.45, 7) is 4.18. The summed E-state index contributed by atoms with van der Waals surface area (Å²) in [7, 11) is -0.469. The highest BCUT2D eigenvalue weighted by atomic mass is 32.2. The molecule has 3 rings (SSSR count). The highest BCUT2D eigenvalue weighted by Gasteiger charge is 2.32. The van der Waals surface area contributed by atoms with Crippen LogP contribution in [0.4, 0.5) is 10.5 Å². The molecule has 1 saturated heterocycles. The predicted octanol–water partition coefficient (Wildman–Crippen LogP) is 3.51. The fraction of sp³-hybridized carbons (Fsp3) is 0.364. The normalized spacial score (nSPS) is 19.4. The first-order valence-electron chi connectivity index (χ1n) is 10.1. The molecular weight excluding hydrogens is 450 g/mol. The zero-order chi connectivity index (χ0) is 23.5. The van der Waals surface area contributed by atoms with Crippen LogP contribution in [0.15, 0.2) is 58.3 Å². The van der Waals surface area contributed by atoms with E-state index < -0.39 is 15.9 Å². The molecule has 0 saturated carbocycles. The number of hydrogen-bond donors (Lipinski definition) is 1. The number of rotatable bonds is 5. The Morgan fingerprint density at radius 1 is 1.06 bits per heavy atom. The molecule has 0 spiro atoms. The molecule has 0 bridgehead atoms. The van der Waals surface area contributed by atoms with Gasteiger partial charge in [-0.05, 0) is 55.9 Å². The van der Waals surface area contributed by atoms with Crippen LogP contribution < -0.4 is 5.32 Å². The monoisotopic (exact) mass is 477 g/mol. The van der Waals surface area contributed by atoms with Crippen molar-refractivity contribution in [2.75, 3.05) is 32.5 Å². The summed E-state index contributed by atoms with van der Waals surface area (Å²) < 4.78 is 33.3. The van der Waals surface area contributed by atoms with E-state index in [1.54, 1.807) is 50.5 Å². The Morgan fingerprint density at radius 2 is 1.72 bits per heavy atom. The number of sulfonamides is 1. The summed E-state index contributed by atoms with van der Waals surface area (Å²) in [6, 6.07) is 12.9. The van der Waals surface area contributed by atoms with Crippen LogP contribution in [-0.2, 0) is 14.8 Å². The van der Waals surface area contributed by atoms with E-state index in [1.165, 1.54) is 21.3 Å². The molecule has 1 heterocycles. The SMILES string of the molecule is CC1CN(S(=O)(=O)c2cccc(C(=O)Nc3ccccc3SC(=O)N(C)C)c2)CC(C)O1. The molecule has 2 amide bonds. The number of nitrogens with zero attached hydrogens (tertiary/aromatic N) is 2. The highest BCUT2D eigenvalue weighted by molar-refractivity contribution is 8.13. The first-order chi connectivity index (χ1) is 15.1. The molecule has 1 aliphatic rings. The van der Waals surface area contributed by atoms with E-state index >= 15 is 0 Å². The van der Waals surface area contributed by atoms with Gasteiger partial charge in [-0.3, -0.25) is 9.59 Å². The van der Waals surface area contributed by atoms with Crippen molar-refractivity contribution in [2.45, 2.75) is 35.8 Å². The number of hydrogen-bond acceptors (Lipinski definition) is 6. The van der Waals surface area contributed by atoms with Crippen LogP contribution in [0.3, 0.4) is 0 Å². The van der Waals surface area contributed by atoms with E-state index in [1.807, 2.05) is 13.8 Å². The molecule has 0 aromatic heterocycles. The van der Waals surface area contributed by atoms with E-state index in [4.69, 9.17) is 4.74 Å². The minimum atomic E-state index is -3.77. The van der Waals surface area contributed by atoms with E-state index in [0.29, 0.717) is 10.6 Å². The third kappa shape index (κ3) is 5.69. The van der Waals surface area contributed by atoms with E-state index in [9.17, 15) is 18.0 Å². The lowest BCUT2D eigenvalue weighted by Crippen LogP contribution is -2.48. The molecular formula is C22H27N3O5S2. The minimum absolute atomic E-state index is 0.0527. The number of morpholine rings is 1. The van der Waals surface area contributed by atoms with Crippen molar-refractivity contribution in [1.82, 2.24) is 9.21 Å². The van der Waals surface area contributed by atoms with Gasteiger partial charge in [0, 0.05) is 37.6 Å². The fourth-order valence-corrected chi connectivity index (χ4v) is 5.70. The van der Waals surface area contributed by atoms with Crippen LogP contribution in [0, 0.1) is 0 Å². The van der Waals surface area contributed by atoms with Gasteiger partial charge in [-0.2, -0.15) is 4.31 Å². The molecule has 172 valence electrons. The van der Waals surface area contributed by atoms with Crippen molar-refractivity contribution >= 4 is 38.6 Å². The number of benzene rings is 2. The number of anilines is 1. The van der Waals surface area contributed by atoms with Gasteiger partial charge in [-0.15, -0.1) is 0 Å². The standard InChI is InChI=1S/C22H27N3O5S2/c1-15-13-25(14-16(2)30-15)32(28,29)18-9-7-8-17(12-18)21(26)23-19-10-5-6-11-20(19)31-22(27)24(3)4/h5-12,15-16H,13-14H2,1-4H3,(H,23,26). The maximum Gasteiger partial charge on any atom is 0.286 e. The van der Waals surface area contributed by atoms with E-state index in [2.05, 4.69) is 5.32 Å². The number of thioether (sulfide) groups is 1. The maximum atomic E-state index is 13.1. The van der Waals surface area contributed by atoms with Crippen molar-refractivity contribution in [3.63, 3.8) is 0 Å². The molecule has 1 fully saturated rings. The van der Waals surface area contributed by atoms with Crippen molar-refractivity contribution in [1.29, 1.82) is 0 Å². The lowest BCUT2D eigenvalue weighted by Gasteiger charge is -2.34. The first kappa shape index (κ1) is 24.2. The van der Waals surface area contributed by atoms with Crippen molar-refractivity contribution in [2.24, 2.45) is 0 Å². The summed E-state index contributed by atoms with van der Waals surface area (Å²) in [5.74, 6) is -0.462. The van der Waals surface area contributed by atoms with Gasteiger partial charge in [0.15, 0.2) is 0 Å². The summed E-state index contributed by atoms with van der Waals surface area (Å²) in [5.41, 5.74) is 0.681. The Morgan fingerprint density at radius 3 is 2.38 bits per heavy atom. The number of para-hydroxylation sites is 1. The van der Waals surface area contributed by atoms with Crippen molar-refractivity contribution in [3.05, 3.63) is 54.1 Å². The average Bonchev–Trinajstić information content (AvgIpc) is 2.74. The Hall–Kier alpha value is -2.40. The number of carbonyl (C=O) groups excluding carboxylic acids is 2. The highest BCUT2D eigenvalue weighted by Crippen LogP contribution is 2.29. The summed E-state index contributed by atoms with van der Waals surface area (Å²) in [5, 5.41) is 2.61. The number of nitrogens with one attached hydrogen (secondary N) is 1. The minimum Gasteiger partial charge on any atom is -0.373 e. The quantitative estimate of drug-likeness (QED) is 0.662. The van der Waals surface area contributed by atoms with Crippen LogP contribution in [0.25, 0.3) is 0 Å². The van der Waals surface area contributed by atoms with Crippen LogP contribution >= 0.6 is 11.8 Å². The van der Waals surface area contributed by atoms with Crippen LogP contribution in [0.1, 0.15) is 24.2 Å². The van der Waals surface area contributed by atoms with Crippen molar-refractivity contribution in [3.8, 4) is 0 Å². The fourth-order valence-electron chi connectivity index (χ4n) is 3.31. The number of amides is 2. The average molecular weight is 478 g/mol. The van der Waals surface area contributed by atoms with Gasteiger partial charge in [0.1, 0.15) is 0 Å². The van der Waals surface area contributed by atoms with Crippen LogP contribution in [0.2, 0.25) is 0 Å². The second kappa shape index (κ2) is 10.0. The van der Waals surface area contributed by atoms with Gasteiger partial charge < -0.3 is 15.0 Å². The predicted molar refractivity (Wildman–Crippen MR) is 125 cm³/mol. The number of carbonyl (C=O) groups is 2. The van der Waals surface area contributed by atoms with E-state index in [0.717, 1.165) is 11.8 Å². The van der Waals surface area contributed by atoms with Gasteiger partial charge in [-0.1, -0.05) is 18.2 Å². The lowest BCUT2D eigenvalue weighted by atomic mass is 10.2. The van der Waals surface area contributed by atoms with Crippen molar-refractivity contribution < 1.29 is 22.7 Å². The zero-order valence-corrected chi connectivity index (χ0v) is 20.1. The van der Waals surface area contributed by atoms with Crippen LogP contribution in [-0.4, -0.2) is 68.2 Å². The third-order valence-corrected chi connectivity index (χ3v) is 7.76. The number of ether oxygens (including phenoxy) is 1. The molecule has 2 aromatic carbocycles. The maximum absolute atomic E-state index is 13.1. The molecule has 8 nitrogen and oxygen atoms in total. The van der Waals surface area contributed by atoms with Gasteiger partial charge in [-0.25, -0.2) is 8.42 Å². The second-order valence-corrected chi connectivity index (χ2v) is 10.8. The molecule has 2 atom stereocenters. The Balaban J connectivity index is 1.82. The summed E-state index contributed by atoms with van der Waals surface area (Å²) in [4.78, 5) is 27.1. The largest absolute Gasteiger partial charge is 0.373 e. The lowest BCUT2D eigenvalue weighted by molar-refractivity contribution is -0.0440. The van der Waals surface area contributed by atoms with Gasteiger partial charge >= 0.3 is 0 Å². The Labute approximate surface area is 193 Å². The molecule has 1 N–H and O–H groups in total. The van der Waals surface area contributed by atoms with Crippen LogP contribution in [0.5, 0.6) is 0 Å². The smallest absolute Gasteiger partial charge is 0.286 e. The molecule has 2 unspecified atom stereocenters. The van der Waals surface area contributed by atoms with Gasteiger partial charge in [0.25, 0.3) is 11.1 Å². The third-order valence-electron chi connectivity index (χ3n) is 4.82. The molecule has 32 heavy (non-hydrogen) atoms. The Bertz CT molecular complexity index is 1090. The van der Waals surface area contributed by atoms with Gasteiger partial charge in [0.05, 0.1) is 22.8 Å². The molecule has 0 aliphatic carbocycles. The summed E-state index contributed by atoms with van der Waals surface area (Å²) in [6.07, 6.45) is -0.419. The second-order valence-electron chi connectivity index (χ2n) is 7.82. The van der Waals surface area contributed by atoms with Gasteiger partial charge in [0.2, 0.25) is 10.0 Å². The topological polar surface area (TPSA) is 96.0 Å². The summed E-state index contributed by atoms with van der Waals surface area (Å²) >= 11 is 1.000. The Kier molecular flexibility index (Phi) is 7.60. The molecule has 2 aromatic rings. The molecule has 10 heteroatoms. The first-order valence-corrected chi connectivity index (χ1v) is 12.4. The molecule has 0 radical (unpaired) electrons. The van der Waals surface area contributed by atoms with E-state index in [-0.39, 0.29) is 41.0 Å².